The molecule has 2 amide bonds. The standard InChI is InChI=1S/C22H28N4O4/c1-14(15-9-11-17(25-23)12-10-15)24-21(29)19(27)20(28)22(30)26-13-5-8-18(26)16-6-3-2-4-7-16/h2-4,6-7,9-12,14,18-20,25,27-28H,5,8,13,23H2,1H3,(H,24,29)/t14-,18-,19-,20-/m1/s1. The topological polar surface area (TPSA) is 128 Å². The number of rotatable bonds is 7. The Morgan fingerprint density at radius 3 is 2.37 bits per heavy atom. The second-order valence-corrected chi connectivity index (χ2v) is 7.49. The Balaban J connectivity index is 1.62. The highest BCUT2D eigenvalue weighted by Gasteiger charge is 2.38. The van der Waals surface area contributed by atoms with E-state index in [0.717, 1.165) is 29.7 Å². The summed E-state index contributed by atoms with van der Waals surface area (Å²) >= 11 is 0. The zero-order valence-corrected chi connectivity index (χ0v) is 16.9. The number of carbonyl (C=O) groups is 2. The lowest BCUT2D eigenvalue weighted by molar-refractivity contribution is -0.154. The molecule has 0 unspecified atom stereocenters. The molecule has 1 aliphatic rings. The highest BCUT2D eigenvalue weighted by atomic mass is 16.3. The van der Waals surface area contributed by atoms with Crippen molar-refractivity contribution in [2.75, 3.05) is 12.0 Å². The van der Waals surface area contributed by atoms with E-state index in [4.69, 9.17) is 5.84 Å². The van der Waals surface area contributed by atoms with Gasteiger partial charge in [0.05, 0.1) is 12.1 Å². The molecule has 0 aromatic heterocycles. The van der Waals surface area contributed by atoms with Gasteiger partial charge in [-0.2, -0.15) is 0 Å². The maximum atomic E-state index is 12.8. The number of carbonyl (C=O) groups excluding carboxylic acids is 2. The number of benzene rings is 2. The number of amides is 2. The Morgan fingerprint density at radius 2 is 1.73 bits per heavy atom. The SMILES string of the molecule is C[C@@H](NC(=O)[C@H](O)[C@@H](O)C(=O)N1CCC[C@@H]1c1ccccc1)c1ccc(NN)cc1. The largest absolute Gasteiger partial charge is 0.380 e. The van der Waals surface area contributed by atoms with E-state index >= 15 is 0 Å². The molecule has 0 spiro atoms. The van der Waals surface area contributed by atoms with Gasteiger partial charge in [0, 0.05) is 12.2 Å². The average molecular weight is 412 g/mol. The molecule has 2 aromatic carbocycles. The van der Waals surface area contributed by atoms with Gasteiger partial charge in [-0.15, -0.1) is 0 Å². The smallest absolute Gasteiger partial charge is 0.255 e. The van der Waals surface area contributed by atoms with E-state index in [1.54, 1.807) is 36.1 Å². The van der Waals surface area contributed by atoms with Crippen molar-refractivity contribution in [2.45, 2.75) is 44.1 Å². The second-order valence-electron chi connectivity index (χ2n) is 7.49. The lowest BCUT2D eigenvalue weighted by Crippen LogP contribution is -2.50. The van der Waals surface area contributed by atoms with Crippen molar-refractivity contribution in [3.8, 4) is 0 Å². The molecule has 1 heterocycles. The summed E-state index contributed by atoms with van der Waals surface area (Å²) in [5, 5.41) is 23.4. The van der Waals surface area contributed by atoms with Gasteiger partial charge in [-0.1, -0.05) is 42.5 Å². The first-order valence-corrected chi connectivity index (χ1v) is 10.0. The molecule has 1 saturated heterocycles. The fourth-order valence-electron chi connectivity index (χ4n) is 3.75. The molecule has 2 aromatic rings. The Kier molecular flexibility index (Phi) is 7.04. The number of hydrazine groups is 1. The number of aliphatic hydroxyl groups excluding tert-OH is 2. The van der Waals surface area contributed by atoms with Gasteiger partial charge in [-0.05, 0) is 43.0 Å². The number of hydrogen-bond donors (Lipinski definition) is 5. The zero-order chi connectivity index (χ0) is 21.7. The fourth-order valence-corrected chi connectivity index (χ4v) is 3.75. The first kappa shape index (κ1) is 21.8. The Hall–Kier alpha value is -2.94. The van der Waals surface area contributed by atoms with E-state index in [-0.39, 0.29) is 6.04 Å². The summed E-state index contributed by atoms with van der Waals surface area (Å²) in [6.07, 6.45) is -2.12. The predicted molar refractivity (Wildman–Crippen MR) is 113 cm³/mol. The van der Waals surface area contributed by atoms with E-state index in [1.807, 2.05) is 30.3 Å². The number of anilines is 1. The predicted octanol–water partition coefficient (Wildman–Crippen LogP) is 1.23. The van der Waals surface area contributed by atoms with Crippen LogP contribution in [0.4, 0.5) is 5.69 Å². The molecule has 0 aliphatic carbocycles. The van der Waals surface area contributed by atoms with Crippen molar-refractivity contribution in [1.82, 2.24) is 10.2 Å². The molecule has 4 atom stereocenters. The summed E-state index contributed by atoms with van der Waals surface area (Å²) in [6, 6.07) is 16.0. The molecule has 8 nitrogen and oxygen atoms in total. The van der Waals surface area contributed by atoms with Crippen LogP contribution in [0, 0.1) is 0 Å². The monoisotopic (exact) mass is 412 g/mol. The Bertz CT molecular complexity index is 859. The quantitative estimate of drug-likeness (QED) is 0.344. The lowest BCUT2D eigenvalue weighted by atomic mass is 10.0. The van der Waals surface area contributed by atoms with Crippen molar-refractivity contribution in [2.24, 2.45) is 5.84 Å². The van der Waals surface area contributed by atoms with Crippen LogP contribution >= 0.6 is 0 Å². The van der Waals surface area contributed by atoms with Crippen molar-refractivity contribution >= 4 is 17.5 Å². The third-order valence-corrected chi connectivity index (χ3v) is 5.48. The fraction of sp³-hybridized carbons (Fsp3) is 0.364. The molecule has 3 rings (SSSR count). The normalized spacial score (nSPS) is 19.1. The van der Waals surface area contributed by atoms with Gasteiger partial charge < -0.3 is 25.9 Å². The maximum Gasteiger partial charge on any atom is 0.255 e. The van der Waals surface area contributed by atoms with E-state index in [1.165, 1.54) is 0 Å². The van der Waals surface area contributed by atoms with Crippen LogP contribution in [0.15, 0.2) is 54.6 Å². The minimum Gasteiger partial charge on any atom is -0.380 e. The van der Waals surface area contributed by atoms with Crippen LogP contribution in [-0.2, 0) is 9.59 Å². The number of hydrogen-bond acceptors (Lipinski definition) is 6. The first-order chi connectivity index (χ1) is 14.4. The van der Waals surface area contributed by atoms with Crippen LogP contribution in [0.5, 0.6) is 0 Å². The molecular formula is C22H28N4O4. The van der Waals surface area contributed by atoms with Gasteiger partial charge in [0.2, 0.25) is 0 Å². The summed E-state index contributed by atoms with van der Waals surface area (Å²) in [7, 11) is 0. The van der Waals surface area contributed by atoms with Crippen LogP contribution in [0.1, 0.15) is 43.0 Å². The molecule has 0 radical (unpaired) electrons. The minimum absolute atomic E-state index is 0.169. The van der Waals surface area contributed by atoms with Gasteiger partial charge in [0.25, 0.3) is 11.8 Å². The third kappa shape index (κ3) is 4.79. The summed E-state index contributed by atoms with van der Waals surface area (Å²) in [5.41, 5.74) is 5.00. The summed E-state index contributed by atoms with van der Waals surface area (Å²) in [5.74, 6) is 3.89. The average Bonchev–Trinajstić information content (AvgIpc) is 3.28. The third-order valence-electron chi connectivity index (χ3n) is 5.48. The van der Waals surface area contributed by atoms with E-state index in [9.17, 15) is 19.8 Å². The highest BCUT2D eigenvalue weighted by Crippen LogP contribution is 2.32. The van der Waals surface area contributed by atoms with Crippen molar-refractivity contribution < 1.29 is 19.8 Å². The number of likely N-dealkylation sites (tertiary alicyclic amines) is 1. The molecule has 30 heavy (non-hydrogen) atoms. The number of nitrogens with two attached hydrogens (primary N) is 1. The molecular weight excluding hydrogens is 384 g/mol. The summed E-state index contributed by atoms with van der Waals surface area (Å²) in [6.45, 7) is 2.22. The molecule has 160 valence electrons. The number of aliphatic hydroxyl groups is 2. The van der Waals surface area contributed by atoms with Crippen LogP contribution in [0.25, 0.3) is 0 Å². The van der Waals surface area contributed by atoms with E-state index in [0.29, 0.717) is 6.54 Å². The molecule has 8 heteroatoms. The second kappa shape index (κ2) is 9.71. The van der Waals surface area contributed by atoms with Crippen LogP contribution < -0.4 is 16.6 Å². The van der Waals surface area contributed by atoms with Crippen molar-refractivity contribution in [1.29, 1.82) is 0 Å². The van der Waals surface area contributed by atoms with Gasteiger partial charge in [0.1, 0.15) is 0 Å². The maximum absolute atomic E-state index is 12.8. The molecule has 1 aliphatic heterocycles. The summed E-state index contributed by atoms with van der Waals surface area (Å²) in [4.78, 5) is 26.8. The van der Waals surface area contributed by atoms with Gasteiger partial charge in [-0.25, -0.2) is 0 Å². The molecule has 6 N–H and O–H groups in total. The minimum atomic E-state index is -1.86. The van der Waals surface area contributed by atoms with Gasteiger partial charge in [-0.3, -0.25) is 15.4 Å². The van der Waals surface area contributed by atoms with Crippen LogP contribution in [0.2, 0.25) is 0 Å². The number of nitrogens with one attached hydrogen (secondary N) is 2. The first-order valence-electron chi connectivity index (χ1n) is 10.0. The summed E-state index contributed by atoms with van der Waals surface area (Å²) < 4.78 is 0. The van der Waals surface area contributed by atoms with Gasteiger partial charge in [0.15, 0.2) is 12.2 Å². The number of nitrogen functional groups attached to an aromatic ring is 1. The molecule has 1 fully saturated rings. The Morgan fingerprint density at radius 1 is 1.07 bits per heavy atom. The molecule has 0 saturated carbocycles. The van der Waals surface area contributed by atoms with Crippen molar-refractivity contribution in [3.05, 3.63) is 65.7 Å². The zero-order valence-electron chi connectivity index (χ0n) is 16.9. The lowest BCUT2D eigenvalue weighted by Gasteiger charge is -2.29. The number of nitrogens with zero attached hydrogens (tertiary/aromatic N) is 1. The highest BCUT2D eigenvalue weighted by molar-refractivity contribution is 5.91. The van der Waals surface area contributed by atoms with Gasteiger partial charge >= 0.3 is 0 Å². The van der Waals surface area contributed by atoms with Crippen LogP contribution in [-0.4, -0.2) is 45.7 Å². The van der Waals surface area contributed by atoms with E-state index in [2.05, 4.69) is 10.7 Å². The van der Waals surface area contributed by atoms with E-state index < -0.39 is 30.1 Å². The van der Waals surface area contributed by atoms with Crippen molar-refractivity contribution in [3.63, 3.8) is 0 Å². The molecule has 0 bridgehead atoms. The Labute approximate surface area is 175 Å². The van der Waals surface area contributed by atoms with Crippen LogP contribution in [0.3, 0.4) is 0 Å².